The minimum atomic E-state index is -3.03. The van der Waals surface area contributed by atoms with Crippen molar-refractivity contribution in [2.75, 3.05) is 19.0 Å². The third-order valence-electron chi connectivity index (χ3n) is 4.38. The highest BCUT2D eigenvalue weighted by Gasteiger charge is 2.47. The SMILES string of the molecule is COc1ccc(NC(=O)C2(C)CCCN2C(=O)OC(C)(C)C)cc1OC(F)F. The zero-order valence-corrected chi connectivity index (χ0v) is 16.7. The fourth-order valence-corrected chi connectivity index (χ4v) is 3.02. The molecule has 1 aromatic carbocycles. The van der Waals surface area contributed by atoms with Crippen molar-refractivity contribution in [3.8, 4) is 11.5 Å². The van der Waals surface area contributed by atoms with E-state index in [-0.39, 0.29) is 17.2 Å². The van der Waals surface area contributed by atoms with E-state index in [4.69, 9.17) is 9.47 Å². The smallest absolute Gasteiger partial charge is 0.411 e. The molecule has 0 saturated carbocycles. The van der Waals surface area contributed by atoms with E-state index < -0.39 is 29.8 Å². The van der Waals surface area contributed by atoms with Crippen LogP contribution in [0.3, 0.4) is 0 Å². The van der Waals surface area contributed by atoms with Crippen molar-refractivity contribution in [1.29, 1.82) is 0 Å². The molecular formula is C19H26F2N2O5. The molecule has 1 unspecified atom stereocenters. The number of hydrogen-bond acceptors (Lipinski definition) is 5. The van der Waals surface area contributed by atoms with Gasteiger partial charge in [0.15, 0.2) is 11.5 Å². The molecule has 1 aromatic rings. The van der Waals surface area contributed by atoms with Crippen LogP contribution in [0.15, 0.2) is 18.2 Å². The lowest BCUT2D eigenvalue weighted by molar-refractivity contribution is -0.125. The Kier molecular flexibility index (Phi) is 6.36. The average molecular weight is 400 g/mol. The Morgan fingerprint density at radius 1 is 1.25 bits per heavy atom. The molecule has 1 heterocycles. The first-order valence-electron chi connectivity index (χ1n) is 8.91. The summed E-state index contributed by atoms with van der Waals surface area (Å²) in [6, 6.07) is 4.17. The number of nitrogens with zero attached hydrogens (tertiary/aromatic N) is 1. The van der Waals surface area contributed by atoms with Gasteiger partial charge in [-0.15, -0.1) is 0 Å². The number of methoxy groups -OCH3 is 1. The second-order valence-corrected chi connectivity index (χ2v) is 7.71. The summed E-state index contributed by atoms with van der Waals surface area (Å²) in [5.41, 5.74) is -1.56. The van der Waals surface area contributed by atoms with E-state index >= 15 is 0 Å². The highest BCUT2D eigenvalue weighted by molar-refractivity contribution is 6.00. The van der Waals surface area contributed by atoms with E-state index in [1.165, 1.54) is 30.2 Å². The van der Waals surface area contributed by atoms with Gasteiger partial charge in [0, 0.05) is 18.3 Å². The lowest BCUT2D eigenvalue weighted by Gasteiger charge is -2.35. The maximum atomic E-state index is 12.9. The second kappa shape index (κ2) is 8.20. The van der Waals surface area contributed by atoms with Crippen LogP contribution in [-0.2, 0) is 9.53 Å². The first kappa shape index (κ1) is 21.7. The van der Waals surface area contributed by atoms with E-state index in [0.29, 0.717) is 19.4 Å². The third kappa shape index (κ3) is 5.02. The summed E-state index contributed by atoms with van der Waals surface area (Å²) in [4.78, 5) is 26.8. The van der Waals surface area contributed by atoms with Crippen molar-refractivity contribution >= 4 is 17.7 Å². The highest BCUT2D eigenvalue weighted by atomic mass is 19.3. The van der Waals surface area contributed by atoms with Crippen LogP contribution in [0.4, 0.5) is 19.3 Å². The van der Waals surface area contributed by atoms with Gasteiger partial charge in [0.1, 0.15) is 11.1 Å². The van der Waals surface area contributed by atoms with Crippen molar-refractivity contribution in [3.63, 3.8) is 0 Å². The molecule has 0 aromatic heterocycles. The first-order valence-corrected chi connectivity index (χ1v) is 8.91. The van der Waals surface area contributed by atoms with Crippen molar-refractivity contribution in [1.82, 2.24) is 4.90 Å². The molecule has 28 heavy (non-hydrogen) atoms. The number of amides is 2. The zero-order valence-electron chi connectivity index (χ0n) is 16.7. The zero-order chi connectivity index (χ0) is 21.1. The van der Waals surface area contributed by atoms with E-state index in [1.807, 2.05) is 0 Å². The molecule has 0 radical (unpaired) electrons. The molecule has 156 valence electrons. The summed E-state index contributed by atoms with van der Waals surface area (Å²) < 4.78 is 40.0. The Labute approximate surface area is 162 Å². The number of likely N-dealkylation sites (tertiary alicyclic amines) is 1. The molecule has 1 atom stereocenters. The quantitative estimate of drug-likeness (QED) is 0.808. The van der Waals surface area contributed by atoms with Crippen LogP contribution in [0.1, 0.15) is 40.5 Å². The van der Waals surface area contributed by atoms with Gasteiger partial charge >= 0.3 is 12.7 Å². The van der Waals surface area contributed by atoms with Gasteiger partial charge < -0.3 is 19.5 Å². The fourth-order valence-electron chi connectivity index (χ4n) is 3.02. The number of carbonyl (C=O) groups excluding carboxylic acids is 2. The van der Waals surface area contributed by atoms with Gasteiger partial charge in [-0.3, -0.25) is 9.69 Å². The molecule has 1 N–H and O–H groups in total. The van der Waals surface area contributed by atoms with Crippen LogP contribution < -0.4 is 14.8 Å². The van der Waals surface area contributed by atoms with Gasteiger partial charge in [-0.2, -0.15) is 8.78 Å². The van der Waals surface area contributed by atoms with Crippen LogP contribution in [0.2, 0.25) is 0 Å². The number of carbonyl (C=O) groups is 2. The largest absolute Gasteiger partial charge is 0.493 e. The molecule has 0 spiro atoms. The lowest BCUT2D eigenvalue weighted by atomic mass is 9.97. The Balaban J connectivity index is 2.19. The Hall–Kier alpha value is -2.58. The summed E-state index contributed by atoms with van der Waals surface area (Å²) in [6.07, 6.45) is 0.527. The number of anilines is 1. The summed E-state index contributed by atoms with van der Waals surface area (Å²) in [5.74, 6) is -0.527. The number of rotatable bonds is 5. The van der Waals surface area contributed by atoms with Gasteiger partial charge in [-0.05, 0) is 52.7 Å². The van der Waals surface area contributed by atoms with Crippen molar-refractivity contribution in [3.05, 3.63) is 18.2 Å². The normalized spacial score (nSPS) is 19.5. The standard InChI is InChI=1S/C19H26F2N2O5/c1-18(2,3)28-17(25)23-10-6-9-19(23,4)15(24)22-12-7-8-13(26-5)14(11-12)27-16(20)21/h7-8,11,16H,6,9-10H2,1-5H3,(H,22,24). The topological polar surface area (TPSA) is 77.1 Å². The summed E-state index contributed by atoms with van der Waals surface area (Å²) >= 11 is 0. The predicted molar refractivity (Wildman–Crippen MR) is 98.8 cm³/mol. The van der Waals surface area contributed by atoms with Crippen LogP contribution in [0.5, 0.6) is 11.5 Å². The van der Waals surface area contributed by atoms with Crippen molar-refractivity contribution < 1.29 is 32.6 Å². The number of benzene rings is 1. The van der Waals surface area contributed by atoms with Crippen LogP contribution >= 0.6 is 0 Å². The molecule has 2 rings (SSSR count). The minimum Gasteiger partial charge on any atom is -0.493 e. The van der Waals surface area contributed by atoms with Crippen LogP contribution in [0, 0.1) is 0 Å². The van der Waals surface area contributed by atoms with Gasteiger partial charge in [-0.1, -0.05) is 0 Å². The first-order chi connectivity index (χ1) is 13.0. The molecule has 9 heteroatoms. The van der Waals surface area contributed by atoms with Gasteiger partial charge in [-0.25, -0.2) is 4.79 Å². The average Bonchev–Trinajstić information content (AvgIpc) is 2.96. The molecule has 1 fully saturated rings. The van der Waals surface area contributed by atoms with Crippen LogP contribution in [-0.4, -0.2) is 48.3 Å². The molecule has 1 aliphatic rings. The number of nitrogens with one attached hydrogen (secondary N) is 1. The Morgan fingerprint density at radius 3 is 2.50 bits per heavy atom. The number of ether oxygens (including phenoxy) is 3. The lowest BCUT2D eigenvalue weighted by Crippen LogP contribution is -2.54. The number of alkyl halides is 2. The third-order valence-corrected chi connectivity index (χ3v) is 4.38. The van der Waals surface area contributed by atoms with Gasteiger partial charge in [0.2, 0.25) is 5.91 Å². The maximum Gasteiger partial charge on any atom is 0.411 e. The maximum absolute atomic E-state index is 12.9. The fraction of sp³-hybridized carbons (Fsp3) is 0.579. The number of hydrogen-bond donors (Lipinski definition) is 1. The molecule has 0 aliphatic carbocycles. The number of halogens is 2. The molecule has 0 bridgehead atoms. The highest BCUT2D eigenvalue weighted by Crippen LogP contribution is 2.34. The van der Waals surface area contributed by atoms with E-state index in [1.54, 1.807) is 27.7 Å². The second-order valence-electron chi connectivity index (χ2n) is 7.71. The summed E-state index contributed by atoms with van der Waals surface area (Å²) in [6.45, 7) is 4.26. The monoisotopic (exact) mass is 400 g/mol. The Morgan fingerprint density at radius 2 is 1.93 bits per heavy atom. The van der Waals surface area contributed by atoms with E-state index in [0.717, 1.165) is 0 Å². The van der Waals surface area contributed by atoms with Gasteiger partial charge in [0.05, 0.1) is 7.11 Å². The summed E-state index contributed by atoms with van der Waals surface area (Å²) in [7, 11) is 1.32. The molecule has 7 nitrogen and oxygen atoms in total. The minimum absolute atomic E-state index is 0.112. The van der Waals surface area contributed by atoms with Crippen molar-refractivity contribution in [2.24, 2.45) is 0 Å². The molecule has 2 amide bonds. The molecule has 1 saturated heterocycles. The summed E-state index contributed by atoms with van der Waals surface area (Å²) in [5, 5.41) is 2.67. The van der Waals surface area contributed by atoms with Crippen molar-refractivity contribution in [2.45, 2.75) is 58.3 Å². The molecule has 1 aliphatic heterocycles. The van der Waals surface area contributed by atoms with E-state index in [2.05, 4.69) is 10.1 Å². The van der Waals surface area contributed by atoms with E-state index in [9.17, 15) is 18.4 Å². The Bertz CT molecular complexity index is 736. The van der Waals surface area contributed by atoms with Gasteiger partial charge in [0.25, 0.3) is 0 Å². The predicted octanol–water partition coefficient (Wildman–Crippen LogP) is 4.02. The molecular weight excluding hydrogens is 374 g/mol. The van der Waals surface area contributed by atoms with Crippen LogP contribution in [0.25, 0.3) is 0 Å².